The van der Waals surface area contributed by atoms with Crippen molar-refractivity contribution in [3.63, 3.8) is 0 Å². The number of benzene rings is 2. The Morgan fingerprint density at radius 2 is 1.96 bits per heavy atom. The Kier molecular flexibility index (Phi) is 4.84. The molecule has 0 N–H and O–H groups in total. The summed E-state index contributed by atoms with van der Waals surface area (Å²) < 4.78 is 11.2. The highest BCUT2D eigenvalue weighted by molar-refractivity contribution is 6.42. The molecule has 3 rings (SSSR count). The van der Waals surface area contributed by atoms with Crippen LogP contribution in [0.3, 0.4) is 0 Å². The standard InChI is InChI=1S/C19H14Cl2O4/c1-10(22)9-24-16-6-4-13-18(23)17(25-19(13)11(16)2)8-12-3-5-14(20)15(21)7-12/h3-8H,9H2,1-2H3/b17-8-. The largest absolute Gasteiger partial charge is 0.485 e. The minimum atomic E-state index is -0.220. The molecule has 0 fully saturated rings. The van der Waals surface area contributed by atoms with Crippen molar-refractivity contribution >= 4 is 40.8 Å². The van der Waals surface area contributed by atoms with Gasteiger partial charge in [0.25, 0.3) is 0 Å². The Balaban J connectivity index is 1.92. The van der Waals surface area contributed by atoms with Gasteiger partial charge in [-0.2, -0.15) is 0 Å². The minimum Gasteiger partial charge on any atom is -0.485 e. The molecule has 0 unspecified atom stereocenters. The number of fused-ring (bicyclic) bond motifs is 1. The zero-order valence-electron chi connectivity index (χ0n) is 13.6. The molecule has 2 aromatic rings. The third-order valence-electron chi connectivity index (χ3n) is 3.71. The smallest absolute Gasteiger partial charge is 0.231 e. The zero-order valence-corrected chi connectivity index (χ0v) is 15.1. The van der Waals surface area contributed by atoms with E-state index in [4.69, 9.17) is 32.7 Å². The van der Waals surface area contributed by atoms with E-state index in [-0.39, 0.29) is 23.9 Å². The SMILES string of the molecule is CC(=O)COc1ccc2c(c1C)O/C(=C\c1ccc(Cl)c(Cl)c1)C2=O. The molecule has 0 bridgehead atoms. The summed E-state index contributed by atoms with van der Waals surface area (Å²) in [4.78, 5) is 23.6. The van der Waals surface area contributed by atoms with Crippen LogP contribution >= 0.6 is 23.2 Å². The second-order valence-electron chi connectivity index (χ2n) is 5.67. The number of halogens is 2. The fourth-order valence-electron chi connectivity index (χ4n) is 2.46. The van der Waals surface area contributed by atoms with Gasteiger partial charge in [0.15, 0.2) is 11.5 Å². The topological polar surface area (TPSA) is 52.6 Å². The van der Waals surface area contributed by atoms with Crippen molar-refractivity contribution in [2.45, 2.75) is 13.8 Å². The van der Waals surface area contributed by atoms with Crippen LogP contribution in [0.15, 0.2) is 36.1 Å². The number of carbonyl (C=O) groups is 2. The molecule has 128 valence electrons. The van der Waals surface area contributed by atoms with E-state index in [1.165, 1.54) is 6.92 Å². The van der Waals surface area contributed by atoms with Gasteiger partial charge in [-0.05, 0) is 49.8 Å². The average Bonchev–Trinajstić information content (AvgIpc) is 2.87. The first-order valence-electron chi connectivity index (χ1n) is 7.52. The molecule has 1 aliphatic heterocycles. The Morgan fingerprint density at radius 1 is 1.20 bits per heavy atom. The van der Waals surface area contributed by atoms with Crippen molar-refractivity contribution in [3.05, 3.63) is 62.8 Å². The van der Waals surface area contributed by atoms with Crippen LogP contribution in [0.25, 0.3) is 6.08 Å². The fraction of sp³-hybridized carbons (Fsp3) is 0.158. The highest BCUT2D eigenvalue weighted by atomic mass is 35.5. The molecule has 0 saturated carbocycles. The number of ketones is 2. The molecule has 0 atom stereocenters. The summed E-state index contributed by atoms with van der Waals surface area (Å²) in [5, 5.41) is 0.837. The monoisotopic (exact) mass is 376 g/mol. The van der Waals surface area contributed by atoms with E-state index in [1.807, 2.05) is 0 Å². The second kappa shape index (κ2) is 6.90. The van der Waals surface area contributed by atoms with Gasteiger partial charge in [0.1, 0.15) is 18.1 Å². The van der Waals surface area contributed by atoms with Crippen molar-refractivity contribution in [2.75, 3.05) is 6.61 Å². The molecular formula is C19H14Cl2O4. The summed E-state index contributed by atoms with van der Waals surface area (Å²) >= 11 is 11.9. The summed E-state index contributed by atoms with van der Waals surface area (Å²) in [6.45, 7) is 3.20. The maximum absolute atomic E-state index is 12.5. The number of Topliss-reactive ketones (excluding diaryl/α,β-unsaturated/α-hetero) is 2. The lowest BCUT2D eigenvalue weighted by Crippen LogP contribution is -2.07. The van der Waals surface area contributed by atoms with E-state index >= 15 is 0 Å². The van der Waals surface area contributed by atoms with E-state index in [0.29, 0.717) is 38.2 Å². The highest BCUT2D eigenvalue weighted by Crippen LogP contribution is 2.39. The molecule has 1 heterocycles. The van der Waals surface area contributed by atoms with Crippen molar-refractivity contribution < 1.29 is 19.1 Å². The van der Waals surface area contributed by atoms with Crippen LogP contribution in [0, 0.1) is 6.92 Å². The lowest BCUT2D eigenvalue weighted by Gasteiger charge is -2.10. The first-order valence-corrected chi connectivity index (χ1v) is 8.27. The van der Waals surface area contributed by atoms with Gasteiger partial charge in [0, 0.05) is 5.56 Å². The van der Waals surface area contributed by atoms with E-state index < -0.39 is 0 Å². The molecule has 0 radical (unpaired) electrons. The van der Waals surface area contributed by atoms with Crippen LogP contribution in [0.1, 0.15) is 28.4 Å². The average molecular weight is 377 g/mol. The quantitative estimate of drug-likeness (QED) is 0.713. The van der Waals surface area contributed by atoms with Crippen LogP contribution in [0.2, 0.25) is 10.0 Å². The summed E-state index contributed by atoms with van der Waals surface area (Å²) in [6, 6.07) is 8.36. The normalized spacial score (nSPS) is 14.4. The van der Waals surface area contributed by atoms with Crippen LogP contribution < -0.4 is 9.47 Å². The van der Waals surface area contributed by atoms with Gasteiger partial charge >= 0.3 is 0 Å². The van der Waals surface area contributed by atoms with Crippen LogP contribution in [0.4, 0.5) is 0 Å². The van der Waals surface area contributed by atoms with Crippen molar-refractivity contribution in [1.82, 2.24) is 0 Å². The van der Waals surface area contributed by atoms with E-state index in [1.54, 1.807) is 43.3 Å². The molecule has 1 aliphatic rings. The summed E-state index contributed by atoms with van der Waals surface area (Å²) in [5.41, 5.74) is 1.83. The van der Waals surface area contributed by atoms with Crippen LogP contribution in [0.5, 0.6) is 11.5 Å². The molecule has 2 aromatic carbocycles. The number of hydrogen-bond donors (Lipinski definition) is 0. The van der Waals surface area contributed by atoms with Gasteiger partial charge in [0.05, 0.1) is 15.6 Å². The molecule has 0 saturated heterocycles. The fourth-order valence-corrected chi connectivity index (χ4v) is 2.76. The first-order chi connectivity index (χ1) is 11.9. The van der Waals surface area contributed by atoms with Gasteiger partial charge < -0.3 is 9.47 Å². The summed E-state index contributed by atoms with van der Waals surface area (Å²) in [5.74, 6) is 0.842. The third-order valence-corrected chi connectivity index (χ3v) is 4.45. The van der Waals surface area contributed by atoms with Crippen LogP contribution in [-0.4, -0.2) is 18.2 Å². The maximum Gasteiger partial charge on any atom is 0.231 e. The Morgan fingerprint density at radius 3 is 2.64 bits per heavy atom. The Bertz CT molecular complexity index is 916. The van der Waals surface area contributed by atoms with Crippen molar-refractivity contribution in [3.8, 4) is 11.5 Å². The number of rotatable bonds is 4. The third kappa shape index (κ3) is 3.55. The first kappa shape index (κ1) is 17.5. The zero-order chi connectivity index (χ0) is 18.1. The van der Waals surface area contributed by atoms with E-state index in [2.05, 4.69) is 0 Å². The van der Waals surface area contributed by atoms with E-state index in [9.17, 15) is 9.59 Å². The van der Waals surface area contributed by atoms with Crippen molar-refractivity contribution in [2.24, 2.45) is 0 Å². The summed E-state index contributed by atoms with van der Waals surface area (Å²) in [6.07, 6.45) is 1.61. The molecule has 0 amide bonds. The van der Waals surface area contributed by atoms with Gasteiger partial charge in [-0.15, -0.1) is 0 Å². The number of carbonyl (C=O) groups excluding carboxylic acids is 2. The van der Waals surface area contributed by atoms with E-state index in [0.717, 1.165) is 0 Å². The number of allylic oxidation sites excluding steroid dienone is 1. The predicted octanol–water partition coefficient (Wildman–Crippen LogP) is 4.89. The van der Waals surface area contributed by atoms with Gasteiger partial charge in [-0.25, -0.2) is 0 Å². The van der Waals surface area contributed by atoms with Crippen LogP contribution in [-0.2, 0) is 4.79 Å². The number of hydrogen-bond acceptors (Lipinski definition) is 4. The second-order valence-corrected chi connectivity index (χ2v) is 6.48. The minimum absolute atomic E-state index is 0.0282. The van der Waals surface area contributed by atoms with Gasteiger partial charge in [-0.3, -0.25) is 9.59 Å². The Hall–Kier alpha value is -2.30. The Labute approximate surface area is 155 Å². The lowest BCUT2D eigenvalue weighted by molar-refractivity contribution is -0.118. The predicted molar refractivity (Wildman–Crippen MR) is 96.8 cm³/mol. The molecule has 4 nitrogen and oxygen atoms in total. The van der Waals surface area contributed by atoms with Gasteiger partial charge in [0.2, 0.25) is 5.78 Å². The highest BCUT2D eigenvalue weighted by Gasteiger charge is 2.30. The molecule has 6 heteroatoms. The molecule has 25 heavy (non-hydrogen) atoms. The number of ether oxygens (including phenoxy) is 2. The molecule has 0 aliphatic carbocycles. The molecule has 0 spiro atoms. The summed E-state index contributed by atoms with van der Waals surface area (Å²) in [7, 11) is 0. The maximum atomic E-state index is 12.5. The lowest BCUT2D eigenvalue weighted by atomic mass is 10.1. The molecular weight excluding hydrogens is 363 g/mol. The molecule has 0 aromatic heterocycles. The van der Waals surface area contributed by atoms with Crippen molar-refractivity contribution in [1.29, 1.82) is 0 Å². The van der Waals surface area contributed by atoms with Gasteiger partial charge in [-0.1, -0.05) is 29.3 Å².